The minimum Gasteiger partial charge on any atom is -0.375 e. The molecule has 5 heteroatoms. The van der Waals surface area contributed by atoms with Crippen LogP contribution in [0.2, 0.25) is 0 Å². The number of hydrazone groups is 1. The largest absolute Gasteiger partial charge is 0.375 e. The van der Waals surface area contributed by atoms with Gasteiger partial charge < -0.3 is 5.73 Å². The molecule has 15 heavy (non-hydrogen) atoms. The van der Waals surface area contributed by atoms with E-state index in [1.165, 1.54) is 12.1 Å². The number of hydrogen-bond acceptors (Lipinski definition) is 3. The normalized spacial score (nSPS) is 34.1. The lowest BCUT2D eigenvalue weighted by Crippen LogP contribution is -2.35. The molecule has 0 aliphatic carbocycles. The van der Waals surface area contributed by atoms with E-state index in [4.69, 9.17) is 18.0 Å². The molecule has 0 unspecified atom stereocenters. The highest BCUT2D eigenvalue weighted by molar-refractivity contribution is 8.00. The number of nitrogens with zero attached hydrogens (tertiary/aromatic N) is 1. The second-order valence-corrected chi connectivity index (χ2v) is 6.09. The van der Waals surface area contributed by atoms with Gasteiger partial charge in [0.1, 0.15) is 0 Å². The maximum absolute atomic E-state index is 5.36. The highest BCUT2D eigenvalue weighted by Gasteiger charge is 2.29. The molecule has 1 saturated heterocycles. The molecule has 0 radical (unpaired) electrons. The lowest BCUT2D eigenvalue weighted by molar-refractivity contribution is 0.645. The van der Waals surface area contributed by atoms with Gasteiger partial charge in [0, 0.05) is 22.1 Å². The average Bonchev–Trinajstić information content (AvgIpc) is 2.18. The zero-order chi connectivity index (χ0) is 11.4. The molecule has 86 valence electrons. The highest BCUT2D eigenvalue weighted by Crippen LogP contribution is 2.35. The highest BCUT2D eigenvalue weighted by atomic mass is 32.2. The lowest BCUT2D eigenvalue weighted by Gasteiger charge is -2.32. The Balaban J connectivity index is 2.69. The number of thioether (sulfide) groups is 1. The zero-order valence-electron chi connectivity index (χ0n) is 9.49. The second kappa shape index (κ2) is 5.70. The minimum atomic E-state index is 0.244. The zero-order valence-corrected chi connectivity index (χ0v) is 11.1. The van der Waals surface area contributed by atoms with E-state index < -0.39 is 0 Å². The lowest BCUT2D eigenvalue weighted by atomic mass is 9.95. The number of rotatable bonds is 2. The van der Waals surface area contributed by atoms with Gasteiger partial charge in [-0.25, -0.2) is 0 Å². The summed E-state index contributed by atoms with van der Waals surface area (Å²) in [5, 5.41) is 5.85. The van der Waals surface area contributed by atoms with Gasteiger partial charge >= 0.3 is 0 Å². The third-order valence-electron chi connectivity index (χ3n) is 2.70. The summed E-state index contributed by atoms with van der Waals surface area (Å²) in [6.07, 6.45) is 2.21. The number of nitrogens with two attached hydrogens (primary N) is 1. The van der Waals surface area contributed by atoms with Crippen molar-refractivity contribution in [2.24, 2.45) is 16.8 Å². The van der Waals surface area contributed by atoms with Crippen LogP contribution in [0, 0.1) is 5.92 Å². The summed E-state index contributed by atoms with van der Waals surface area (Å²) >= 11 is 6.80. The molecule has 3 atom stereocenters. The average molecular weight is 245 g/mol. The Bertz CT molecular complexity index is 265. The van der Waals surface area contributed by atoms with Crippen LogP contribution in [0.25, 0.3) is 0 Å². The van der Waals surface area contributed by atoms with Crippen LogP contribution in [0.4, 0.5) is 0 Å². The Kier molecular flexibility index (Phi) is 4.86. The van der Waals surface area contributed by atoms with Gasteiger partial charge in [-0.05, 0) is 25.1 Å². The van der Waals surface area contributed by atoms with Gasteiger partial charge in [0.2, 0.25) is 0 Å². The third-order valence-corrected chi connectivity index (χ3v) is 4.51. The first-order valence-electron chi connectivity index (χ1n) is 5.32. The van der Waals surface area contributed by atoms with Gasteiger partial charge in [-0.15, -0.1) is 0 Å². The van der Waals surface area contributed by atoms with Crippen molar-refractivity contribution in [3.05, 3.63) is 0 Å². The van der Waals surface area contributed by atoms with Crippen LogP contribution in [-0.4, -0.2) is 21.3 Å². The smallest absolute Gasteiger partial charge is 0.184 e. The van der Waals surface area contributed by atoms with Gasteiger partial charge in [-0.2, -0.15) is 16.9 Å². The van der Waals surface area contributed by atoms with Crippen LogP contribution in [0.1, 0.15) is 33.6 Å². The van der Waals surface area contributed by atoms with E-state index in [-0.39, 0.29) is 5.11 Å². The Morgan fingerprint density at radius 1 is 1.67 bits per heavy atom. The second-order valence-electron chi connectivity index (χ2n) is 3.97. The van der Waals surface area contributed by atoms with Crippen molar-refractivity contribution >= 4 is 34.8 Å². The first kappa shape index (κ1) is 12.8. The van der Waals surface area contributed by atoms with E-state index in [1.807, 2.05) is 0 Å². The molecular formula is C10H19N3S2. The van der Waals surface area contributed by atoms with Crippen molar-refractivity contribution in [2.75, 3.05) is 0 Å². The number of nitrogens with one attached hydrogen (secondary N) is 1. The van der Waals surface area contributed by atoms with E-state index in [0.717, 1.165) is 6.42 Å². The molecule has 0 saturated carbocycles. The van der Waals surface area contributed by atoms with Crippen LogP contribution < -0.4 is 11.2 Å². The number of hydrogen-bond donors (Lipinski definition) is 2. The SMILES string of the molecule is CC[C@H]1S[C@H](C)CC(=NNC(N)=S)[C@@H]1C. The summed E-state index contributed by atoms with van der Waals surface area (Å²) in [5.41, 5.74) is 9.26. The fraction of sp³-hybridized carbons (Fsp3) is 0.800. The van der Waals surface area contributed by atoms with Gasteiger partial charge in [-0.3, -0.25) is 5.43 Å². The first-order chi connectivity index (χ1) is 7.04. The molecule has 1 heterocycles. The molecule has 1 fully saturated rings. The van der Waals surface area contributed by atoms with Gasteiger partial charge in [-0.1, -0.05) is 20.8 Å². The predicted octanol–water partition coefficient (Wildman–Crippen LogP) is 2.12. The topological polar surface area (TPSA) is 50.4 Å². The summed E-state index contributed by atoms with van der Waals surface area (Å²) in [6, 6.07) is 0. The molecule has 0 amide bonds. The third kappa shape index (κ3) is 3.65. The molecular weight excluding hydrogens is 226 g/mol. The molecule has 1 aliphatic rings. The van der Waals surface area contributed by atoms with E-state index in [1.54, 1.807) is 0 Å². The van der Waals surface area contributed by atoms with Crippen LogP contribution in [0.15, 0.2) is 5.10 Å². The summed E-state index contributed by atoms with van der Waals surface area (Å²) in [7, 11) is 0. The summed E-state index contributed by atoms with van der Waals surface area (Å²) in [6.45, 7) is 6.70. The molecule has 0 aromatic carbocycles. The first-order valence-corrected chi connectivity index (χ1v) is 6.67. The standard InChI is InChI=1S/C10H19N3S2/c1-4-9-7(3)8(5-6(2)15-9)12-13-10(11)14/h6-7,9H,4-5H2,1-3H3,(H3,11,13,14)/t6-,7+,9-/m1/s1. The van der Waals surface area contributed by atoms with Crippen LogP contribution in [0.5, 0.6) is 0 Å². The van der Waals surface area contributed by atoms with E-state index in [2.05, 4.69) is 43.1 Å². The quantitative estimate of drug-likeness (QED) is 0.578. The van der Waals surface area contributed by atoms with Crippen molar-refractivity contribution in [3.8, 4) is 0 Å². The van der Waals surface area contributed by atoms with Crippen molar-refractivity contribution in [1.82, 2.24) is 5.43 Å². The van der Waals surface area contributed by atoms with Gasteiger partial charge in [0.05, 0.1) is 0 Å². The van der Waals surface area contributed by atoms with Crippen LogP contribution >= 0.6 is 24.0 Å². The predicted molar refractivity (Wildman–Crippen MR) is 72.3 cm³/mol. The van der Waals surface area contributed by atoms with Gasteiger partial charge in [0.25, 0.3) is 0 Å². The van der Waals surface area contributed by atoms with E-state index in [9.17, 15) is 0 Å². The minimum absolute atomic E-state index is 0.244. The van der Waals surface area contributed by atoms with Crippen molar-refractivity contribution in [2.45, 2.75) is 44.1 Å². The molecule has 0 aromatic rings. The fourth-order valence-electron chi connectivity index (χ4n) is 1.88. The molecule has 0 bridgehead atoms. The summed E-state index contributed by atoms with van der Waals surface area (Å²) < 4.78 is 0. The Morgan fingerprint density at radius 3 is 2.87 bits per heavy atom. The van der Waals surface area contributed by atoms with E-state index >= 15 is 0 Å². The Hall–Kier alpha value is -0.290. The summed E-state index contributed by atoms with van der Waals surface area (Å²) in [5.74, 6) is 0.512. The van der Waals surface area contributed by atoms with Crippen LogP contribution in [0.3, 0.4) is 0 Å². The van der Waals surface area contributed by atoms with Gasteiger partial charge in [0.15, 0.2) is 5.11 Å². The molecule has 0 aromatic heterocycles. The fourth-order valence-corrected chi connectivity index (χ4v) is 3.38. The van der Waals surface area contributed by atoms with E-state index in [0.29, 0.717) is 16.4 Å². The maximum Gasteiger partial charge on any atom is 0.184 e. The van der Waals surface area contributed by atoms with Crippen LogP contribution in [-0.2, 0) is 0 Å². The Labute approximate surface area is 101 Å². The molecule has 1 aliphatic heterocycles. The number of thiocarbonyl (C=S) groups is 1. The summed E-state index contributed by atoms with van der Waals surface area (Å²) in [4.78, 5) is 0. The monoisotopic (exact) mass is 245 g/mol. The molecule has 1 rings (SSSR count). The van der Waals surface area contributed by atoms with Crippen molar-refractivity contribution in [3.63, 3.8) is 0 Å². The molecule has 0 spiro atoms. The molecule has 3 nitrogen and oxygen atoms in total. The van der Waals surface area contributed by atoms with Crippen molar-refractivity contribution < 1.29 is 0 Å². The van der Waals surface area contributed by atoms with Crippen molar-refractivity contribution in [1.29, 1.82) is 0 Å². The molecule has 3 N–H and O–H groups in total. The maximum atomic E-state index is 5.36. The Morgan fingerprint density at radius 2 is 2.33 bits per heavy atom.